The summed E-state index contributed by atoms with van der Waals surface area (Å²) in [5.74, 6) is -0.960. The van der Waals surface area contributed by atoms with Crippen LogP contribution in [0.15, 0.2) is 54.6 Å². The lowest BCUT2D eigenvalue weighted by Crippen LogP contribution is -2.28. The number of anilines is 1. The van der Waals surface area contributed by atoms with Crippen molar-refractivity contribution in [2.45, 2.75) is 38.5 Å². The molecule has 0 fully saturated rings. The maximum absolute atomic E-state index is 12.0. The van der Waals surface area contributed by atoms with Gasteiger partial charge >= 0.3 is 5.97 Å². The van der Waals surface area contributed by atoms with Gasteiger partial charge in [-0.25, -0.2) is 0 Å². The predicted octanol–water partition coefficient (Wildman–Crippen LogP) is 4.03. The third-order valence-electron chi connectivity index (χ3n) is 4.50. The molecule has 0 saturated heterocycles. The van der Waals surface area contributed by atoms with E-state index in [0.29, 0.717) is 37.3 Å². The zero-order valence-electron chi connectivity index (χ0n) is 15.9. The van der Waals surface area contributed by atoms with Crippen molar-refractivity contribution in [2.24, 2.45) is 0 Å². The van der Waals surface area contributed by atoms with Gasteiger partial charge in [0, 0.05) is 18.7 Å². The Balaban J connectivity index is 1.66. The van der Waals surface area contributed by atoms with Gasteiger partial charge < -0.3 is 15.2 Å². The summed E-state index contributed by atoms with van der Waals surface area (Å²) in [6.07, 6.45) is 1.91. The Hall–Kier alpha value is -2.66. The van der Waals surface area contributed by atoms with Crippen molar-refractivity contribution in [1.82, 2.24) is 0 Å². The predicted molar refractivity (Wildman–Crippen MR) is 106 cm³/mol. The molecule has 0 saturated carbocycles. The summed E-state index contributed by atoms with van der Waals surface area (Å²) in [5.41, 5.74) is 1.64. The third-order valence-corrected chi connectivity index (χ3v) is 4.50. The van der Waals surface area contributed by atoms with Gasteiger partial charge in [-0.15, -0.1) is 0 Å². The van der Waals surface area contributed by atoms with E-state index in [1.165, 1.54) is 5.56 Å². The fraction of sp³-hybridized carbons (Fsp3) is 0.364. The molecule has 0 aromatic heterocycles. The number of carbonyl (C=O) groups is 2. The van der Waals surface area contributed by atoms with E-state index < -0.39 is 11.4 Å². The molecule has 2 aromatic carbocycles. The minimum Gasteiger partial charge on any atom is -0.481 e. The van der Waals surface area contributed by atoms with E-state index in [1.807, 2.05) is 18.2 Å². The van der Waals surface area contributed by atoms with Crippen LogP contribution in [0.1, 0.15) is 37.8 Å². The number of hydrogen-bond donors (Lipinski definition) is 2. The molecule has 1 amide bonds. The van der Waals surface area contributed by atoms with Gasteiger partial charge in [-0.3, -0.25) is 9.59 Å². The number of hydrogen-bond acceptors (Lipinski definition) is 3. The summed E-state index contributed by atoms with van der Waals surface area (Å²) in [4.78, 5) is 23.3. The van der Waals surface area contributed by atoms with E-state index in [-0.39, 0.29) is 5.91 Å². The molecule has 2 rings (SSSR count). The van der Waals surface area contributed by atoms with E-state index in [2.05, 4.69) is 17.4 Å². The fourth-order valence-electron chi connectivity index (χ4n) is 2.59. The molecule has 0 aliphatic rings. The van der Waals surface area contributed by atoms with Crippen LogP contribution in [0.5, 0.6) is 0 Å². The number of carboxylic acid groups (broad SMARTS) is 1. The smallest absolute Gasteiger partial charge is 0.313 e. The Labute approximate surface area is 160 Å². The highest BCUT2D eigenvalue weighted by Crippen LogP contribution is 2.24. The molecule has 5 heteroatoms. The van der Waals surface area contributed by atoms with E-state index >= 15 is 0 Å². The van der Waals surface area contributed by atoms with E-state index in [1.54, 1.807) is 38.1 Å². The van der Waals surface area contributed by atoms with E-state index in [4.69, 9.17) is 4.74 Å². The van der Waals surface area contributed by atoms with Gasteiger partial charge in [0.15, 0.2) is 0 Å². The minimum absolute atomic E-state index is 0.0769. The number of ether oxygens (including phenoxy) is 1. The average Bonchev–Trinajstić information content (AvgIpc) is 2.65. The second-order valence-electron chi connectivity index (χ2n) is 7.01. The van der Waals surface area contributed by atoms with Crippen molar-refractivity contribution in [3.05, 3.63) is 65.7 Å². The Morgan fingerprint density at radius 3 is 2.30 bits per heavy atom. The highest BCUT2D eigenvalue weighted by atomic mass is 16.5. The van der Waals surface area contributed by atoms with E-state index in [0.717, 1.165) is 6.42 Å². The Morgan fingerprint density at radius 1 is 1.00 bits per heavy atom. The first-order valence-corrected chi connectivity index (χ1v) is 9.15. The number of carboxylic acids is 1. The first-order chi connectivity index (χ1) is 12.9. The highest BCUT2D eigenvalue weighted by molar-refractivity contribution is 5.90. The molecule has 5 nitrogen and oxygen atoms in total. The van der Waals surface area contributed by atoms with Gasteiger partial charge in [-0.1, -0.05) is 42.5 Å². The van der Waals surface area contributed by atoms with Crippen molar-refractivity contribution >= 4 is 17.6 Å². The molecule has 0 bridgehead atoms. The lowest BCUT2D eigenvalue weighted by atomic mass is 9.85. The van der Waals surface area contributed by atoms with Crippen LogP contribution in [0.3, 0.4) is 0 Å². The third kappa shape index (κ3) is 6.53. The zero-order valence-corrected chi connectivity index (χ0v) is 15.9. The normalized spacial score (nSPS) is 11.2. The van der Waals surface area contributed by atoms with Crippen LogP contribution in [0.4, 0.5) is 5.69 Å². The number of aliphatic carboxylic acids is 1. The fourth-order valence-corrected chi connectivity index (χ4v) is 2.59. The summed E-state index contributed by atoms with van der Waals surface area (Å²) in [6.45, 7) is 4.50. The summed E-state index contributed by atoms with van der Waals surface area (Å²) in [6, 6.07) is 17.1. The van der Waals surface area contributed by atoms with Crippen molar-refractivity contribution in [1.29, 1.82) is 0 Å². The first kappa shape index (κ1) is 20.6. The maximum atomic E-state index is 12.0. The molecular formula is C22H27NO4. The van der Waals surface area contributed by atoms with Gasteiger partial charge in [-0.05, 0) is 49.9 Å². The average molecular weight is 369 g/mol. The van der Waals surface area contributed by atoms with Gasteiger partial charge in [0.25, 0.3) is 0 Å². The molecule has 0 heterocycles. The van der Waals surface area contributed by atoms with Crippen LogP contribution in [0, 0.1) is 0 Å². The SMILES string of the molecule is CC(C)(C(=O)O)c1ccc(NC(=O)CCCOCCc2ccccc2)cc1. The number of rotatable bonds is 10. The zero-order chi connectivity index (χ0) is 19.7. The lowest BCUT2D eigenvalue weighted by Gasteiger charge is -2.19. The summed E-state index contributed by atoms with van der Waals surface area (Å²) >= 11 is 0. The molecular weight excluding hydrogens is 342 g/mol. The molecule has 0 unspecified atom stereocenters. The Morgan fingerprint density at radius 2 is 1.67 bits per heavy atom. The van der Waals surface area contributed by atoms with Crippen LogP contribution < -0.4 is 5.32 Å². The summed E-state index contributed by atoms with van der Waals surface area (Å²) in [5, 5.41) is 12.1. The van der Waals surface area contributed by atoms with Crippen molar-refractivity contribution in [2.75, 3.05) is 18.5 Å². The standard InChI is InChI=1S/C22H27NO4/c1-22(2,21(25)26)18-10-12-19(13-11-18)23-20(24)9-6-15-27-16-14-17-7-4-3-5-8-17/h3-5,7-8,10-13H,6,9,14-16H2,1-2H3,(H,23,24)(H,25,26). The largest absolute Gasteiger partial charge is 0.481 e. The van der Waals surface area contributed by atoms with Gasteiger partial charge in [-0.2, -0.15) is 0 Å². The Kier molecular flexibility index (Phi) is 7.55. The van der Waals surface area contributed by atoms with Crippen LogP contribution in [0.25, 0.3) is 0 Å². The summed E-state index contributed by atoms with van der Waals surface area (Å²) < 4.78 is 5.58. The number of carbonyl (C=O) groups excluding carboxylic acids is 1. The van der Waals surface area contributed by atoms with Crippen LogP contribution in [0.2, 0.25) is 0 Å². The highest BCUT2D eigenvalue weighted by Gasteiger charge is 2.29. The molecule has 0 aliphatic heterocycles. The quantitative estimate of drug-likeness (QED) is 0.620. The maximum Gasteiger partial charge on any atom is 0.313 e. The van der Waals surface area contributed by atoms with E-state index in [9.17, 15) is 14.7 Å². The number of amides is 1. The molecule has 2 N–H and O–H groups in total. The van der Waals surface area contributed by atoms with Crippen LogP contribution >= 0.6 is 0 Å². The molecule has 0 radical (unpaired) electrons. The number of benzene rings is 2. The van der Waals surface area contributed by atoms with Crippen LogP contribution in [-0.2, 0) is 26.2 Å². The molecule has 27 heavy (non-hydrogen) atoms. The van der Waals surface area contributed by atoms with Gasteiger partial charge in [0.05, 0.1) is 12.0 Å². The van der Waals surface area contributed by atoms with Crippen molar-refractivity contribution < 1.29 is 19.4 Å². The number of nitrogens with one attached hydrogen (secondary N) is 1. The molecule has 144 valence electrons. The molecule has 0 atom stereocenters. The van der Waals surface area contributed by atoms with Crippen molar-refractivity contribution in [3.63, 3.8) is 0 Å². The van der Waals surface area contributed by atoms with Gasteiger partial charge in [0.1, 0.15) is 0 Å². The molecule has 2 aromatic rings. The molecule has 0 aliphatic carbocycles. The summed E-state index contributed by atoms with van der Waals surface area (Å²) in [7, 11) is 0. The minimum atomic E-state index is -0.959. The topological polar surface area (TPSA) is 75.6 Å². The van der Waals surface area contributed by atoms with Crippen LogP contribution in [-0.4, -0.2) is 30.2 Å². The molecule has 0 spiro atoms. The first-order valence-electron chi connectivity index (χ1n) is 9.15. The van der Waals surface area contributed by atoms with Gasteiger partial charge in [0.2, 0.25) is 5.91 Å². The monoisotopic (exact) mass is 369 g/mol. The second-order valence-corrected chi connectivity index (χ2v) is 7.01. The lowest BCUT2D eigenvalue weighted by molar-refractivity contribution is -0.142. The Bertz CT molecular complexity index is 739. The van der Waals surface area contributed by atoms with Crippen molar-refractivity contribution in [3.8, 4) is 0 Å². The second kappa shape index (κ2) is 9.88.